The van der Waals surface area contributed by atoms with E-state index in [1.165, 1.54) is 18.2 Å². The fraction of sp³-hybridized carbons (Fsp3) is 0. The van der Waals surface area contributed by atoms with Crippen LogP contribution in [0.2, 0.25) is 0 Å². The van der Waals surface area contributed by atoms with Crippen LogP contribution in [0.15, 0.2) is 40.9 Å². The Hall–Kier alpha value is -2.60. The molecule has 6 heteroatoms. The summed E-state index contributed by atoms with van der Waals surface area (Å²) in [6.07, 6.45) is 0.0736. The Morgan fingerprint density at radius 3 is 2.50 bits per heavy atom. The van der Waals surface area contributed by atoms with Crippen molar-refractivity contribution in [3.8, 4) is 5.75 Å². The largest absolute Gasteiger partial charge is 0.511 e. The smallest absolute Gasteiger partial charge is 0.507 e. The second kappa shape index (κ2) is 5.31. The predicted molar refractivity (Wildman–Crippen MR) is 82.7 cm³/mol. The number of carboxylic acid groups (broad SMARTS) is 1. The van der Waals surface area contributed by atoms with Gasteiger partial charge < -0.3 is 14.9 Å². The van der Waals surface area contributed by atoms with Gasteiger partial charge in [-0.3, -0.25) is 4.79 Å². The molecule has 3 rings (SSSR count). The van der Waals surface area contributed by atoms with Crippen LogP contribution in [-0.4, -0.2) is 22.2 Å². The van der Waals surface area contributed by atoms with Crippen LogP contribution in [0, 0.1) is 0 Å². The summed E-state index contributed by atoms with van der Waals surface area (Å²) in [5, 5.41) is 18.6. The number of phenols is 1. The lowest BCUT2D eigenvalue weighted by atomic mass is 9.90. The van der Waals surface area contributed by atoms with Crippen molar-refractivity contribution in [3.63, 3.8) is 0 Å². The molecule has 0 heterocycles. The molecule has 0 fully saturated rings. The summed E-state index contributed by atoms with van der Waals surface area (Å²) in [5.41, 5.74) is 1.69. The van der Waals surface area contributed by atoms with Crippen molar-refractivity contribution in [2.24, 2.45) is 0 Å². The summed E-state index contributed by atoms with van der Waals surface area (Å²) in [6.45, 7) is 0. The molecule has 0 radical (unpaired) electrons. The maximum atomic E-state index is 12.5. The number of phenolic OH excluding ortho intramolecular Hbond substituents is 1. The Morgan fingerprint density at radius 1 is 1.09 bits per heavy atom. The zero-order valence-electron chi connectivity index (χ0n) is 11.0. The molecule has 0 saturated carbocycles. The number of aromatic hydroxyl groups is 1. The molecule has 0 atom stereocenters. The standard InChI is InChI=1S/C16H9BrO5/c17-12-4-2-1-3-9(12)15(19)11-5-8-6-14(22-16(20)21)10(8)7-13(11)18/h1-7,18H,(H,20,21). The van der Waals surface area contributed by atoms with Crippen molar-refractivity contribution in [2.75, 3.05) is 0 Å². The third-order valence-electron chi connectivity index (χ3n) is 3.28. The number of fused-ring (bicyclic) bond motifs is 1. The normalized spacial score (nSPS) is 12.0. The molecule has 2 aromatic rings. The van der Waals surface area contributed by atoms with Crippen molar-refractivity contribution >= 4 is 39.7 Å². The Balaban J connectivity index is 1.97. The van der Waals surface area contributed by atoms with Crippen LogP contribution in [0.1, 0.15) is 27.0 Å². The van der Waals surface area contributed by atoms with Crippen LogP contribution >= 0.6 is 15.9 Å². The van der Waals surface area contributed by atoms with E-state index in [1.807, 2.05) is 0 Å². The molecule has 0 aliphatic heterocycles. The average Bonchev–Trinajstić information content (AvgIpc) is 2.46. The molecule has 1 aliphatic carbocycles. The SMILES string of the molecule is O=C(O)OC1=Cc2cc(C(=O)c3ccccc3Br)c(O)cc21. The van der Waals surface area contributed by atoms with Gasteiger partial charge in [0.05, 0.1) is 5.56 Å². The molecule has 22 heavy (non-hydrogen) atoms. The fourth-order valence-electron chi connectivity index (χ4n) is 2.23. The lowest BCUT2D eigenvalue weighted by Gasteiger charge is -2.19. The maximum absolute atomic E-state index is 12.5. The first-order valence-corrected chi connectivity index (χ1v) is 7.06. The van der Waals surface area contributed by atoms with Crippen molar-refractivity contribution in [3.05, 3.63) is 63.1 Å². The van der Waals surface area contributed by atoms with Gasteiger partial charge in [0.25, 0.3) is 0 Å². The van der Waals surface area contributed by atoms with Gasteiger partial charge in [-0.1, -0.05) is 28.1 Å². The molecule has 1 aliphatic rings. The summed E-state index contributed by atoms with van der Waals surface area (Å²) in [4.78, 5) is 23.0. The number of rotatable bonds is 3. The second-order valence-corrected chi connectivity index (χ2v) is 5.50. The quantitative estimate of drug-likeness (QED) is 0.640. The van der Waals surface area contributed by atoms with Gasteiger partial charge in [-0.25, -0.2) is 4.79 Å². The number of benzene rings is 2. The molecule has 0 spiro atoms. The minimum absolute atomic E-state index is 0.149. The van der Waals surface area contributed by atoms with E-state index in [0.717, 1.165) is 0 Å². The van der Waals surface area contributed by atoms with Gasteiger partial charge in [0.15, 0.2) is 5.78 Å². The highest BCUT2D eigenvalue weighted by Crippen LogP contribution is 2.38. The summed E-state index contributed by atoms with van der Waals surface area (Å²) in [7, 11) is 0. The van der Waals surface area contributed by atoms with Crippen LogP contribution in [0.4, 0.5) is 4.79 Å². The van der Waals surface area contributed by atoms with Gasteiger partial charge in [-0.15, -0.1) is 0 Å². The van der Waals surface area contributed by atoms with Gasteiger partial charge in [-0.2, -0.15) is 0 Å². The van der Waals surface area contributed by atoms with E-state index in [1.54, 1.807) is 24.3 Å². The molecular formula is C16H9BrO5. The van der Waals surface area contributed by atoms with Gasteiger partial charge in [0, 0.05) is 15.6 Å². The molecule has 2 aromatic carbocycles. The number of halogens is 1. The van der Waals surface area contributed by atoms with Gasteiger partial charge >= 0.3 is 6.16 Å². The van der Waals surface area contributed by atoms with E-state index < -0.39 is 6.16 Å². The van der Waals surface area contributed by atoms with E-state index in [0.29, 0.717) is 21.2 Å². The minimum atomic E-state index is -1.43. The molecule has 110 valence electrons. The van der Waals surface area contributed by atoms with Crippen LogP contribution < -0.4 is 0 Å². The average molecular weight is 361 g/mol. The third-order valence-corrected chi connectivity index (χ3v) is 3.97. The van der Waals surface area contributed by atoms with Crippen LogP contribution in [-0.2, 0) is 4.74 Å². The highest BCUT2D eigenvalue weighted by Gasteiger charge is 2.25. The Labute approximate surface area is 133 Å². The zero-order valence-corrected chi connectivity index (χ0v) is 12.6. The number of hydrogen-bond acceptors (Lipinski definition) is 4. The first-order valence-electron chi connectivity index (χ1n) is 6.26. The molecule has 5 nitrogen and oxygen atoms in total. The summed E-state index contributed by atoms with van der Waals surface area (Å²) in [6, 6.07) is 9.76. The summed E-state index contributed by atoms with van der Waals surface area (Å²) >= 11 is 3.30. The minimum Gasteiger partial charge on any atom is -0.507 e. The topological polar surface area (TPSA) is 83.8 Å². The Bertz CT molecular complexity index is 838. The van der Waals surface area contributed by atoms with Crippen LogP contribution in [0.25, 0.3) is 11.8 Å². The Kier molecular flexibility index (Phi) is 3.46. The molecular weight excluding hydrogens is 352 g/mol. The van der Waals surface area contributed by atoms with Crippen molar-refractivity contribution in [2.45, 2.75) is 0 Å². The van der Waals surface area contributed by atoms with Gasteiger partial charge in [0.1, 0.15) is 11.5 Å². The van der Waals surface area contributed by atoms with E-state index in [9.17, 15) is 14.7 Å². The molecule has 0 bridgehead atoms. The number of ether oxygens (including phenoxy) is 1. The predicted octanol–water partition coefficient (Wildman–Crippen LogP) is 3.89. The molecule has 2 N–H and O–H groups in total. The molecule has 0 aromatic heterocycles. The second-order valence-electron chi connectivity index (χ2n) is 4.64. The van der Waals surface area contributed by atoms with Gasteiger partial charge in [-0.05, 0) is 35.9 Å². The van der Waals surface area contributed by atoms with E-state index in [-0.39, 0.29) is 22.9 Å². The summed E-state index contributed by atoms with van der Waals surface area (Å²) in [5.74, 6) is -0.398. The number of hydrogen-bond donors (Lipinski definition) is 2. The van der Waals surface area contributed by atoms with Crippen LogP contribution in [0.3, 0.4) is 0 Å². The lowest BCUT2D eigenvalue weighted by Crippen LogP contribution is -2.10. The van der Waals surface area contributed by atoms with Crippen molar-refractivity contribution in [1.82, 2.24) is 0 Å². The zero-order chi connectivity index (χ0) is 15.9. The third kappa shape index (κ3) is 2.37. The number of ketones is 1. The van der Waals surface area contributed by atoms with E-state index in [4.69, 9.17) is 5.11 Å². The molecule has 0 amide bonds. The van der Waals surface area contributed by atoms with E-state index in [2.05, 4.69) is 20.7 Å². The monoisotopic (exact) mass is 360 g/mol. The molecule has 0 unspecified atom stereocenters. The summed E-state index contributed by atoms with van der Waals surface area (Å²) < 4.78 is 5.18. The number of carbonyl (C=O) groups excluding carboxylic acids is 1. The van der Waals surface area contributed by atoms with Crippen molar-refractivity contribution in [1.29, 1.82) is 0 Å². The number of carbonyl (C=O) groups is 2. The lowest BCUT2D eigenvalue weighted by molar-refractivity contribution is 0.103. The highest BCUT2D eigenvalue weighted by atomic mass is 79.9. The fourth-order valence-corrected chi connectivity index (χ4v) is 2.69. The maximum Gasteiger partial charge on any atom is 0.511 e. The van der Waals surface area contributed by atoms with E-state index >= 15 is 0 Å². The first kappa shape index (κ1) is 14.3. The Morgan fingerprint density at radius 2 is 1.82 bits per heavy atom. The van der Waals surface area contributed by atoms with Crippen LogP contribution in [0.5, 0.6) is 5.75 Å². The first-order chi connectivity index (χ1) is 10.5. The highest BCUT2D eigenvalue weighted by molar-refractivity contribution is 9.10. The van der Waals surface area contributed by atoms with Crippen molar-refractivity contribution < 1.29 is 24.5 Å². The molecule has 0 saturated heterocycles. The van der Waals surface area contributed by atoms with Gasteiger partial charge in [0.2, 0.25) is 0 Å².